The number of hydrogen-bond acceptors (Lipinski definition) is 6. The molecule has 0 radical (unpaired) electrons. The number of anilines is 2. The molecular formula is C27H30FN5OS. The van der Waals surface area contributed by atoms with E-state index in [1.54, 1.807) is 17.8 Å². The number of nitrogens with zero attached hydrogens (tertiary/aromatic N) is 4. The summed E-state index contributed by atoms with van der Waals surface area (Å²) in [5.74, 6) is 1.50. The number of rotatable bonds is 8. The van der Waals surface area contributed by atoms with Crippen molar-refractivity contribution < 1.29 is 9.18 Å². The highest BCUT2D eigenvalue weighted by Crippen LogP contribution is 2.26. The monoisotopic (exact) mass is 491 g/mol. The number of para-hydroxylation sites is 1. The van der Waals surface area contributed by atoms with Crippen LogP contribution in [0.5, 0.6) is 0 Å². The van der Waals surface area contributed by atoms with E-state index in [4.69, 9.17) is 9.97 Å². The Morgan fingerprint density at radius 2 is 1.74 bits per heavy atom. The van der Waals surface area contributed by atoms with Gasteiger partial charge in [-0.3, -0.25) is 4.79 Å². The zero-order valence-electron chi connectivity index (χ0n) is 19.9. The Morgan fingerprint density at radius 1 is 1.03 bits per heavy atom. The third kappa shape index (κ3) is 5.93. The molecule has 1 saturated carbocycles. The summed E-state index contributed by atoms with van der Waals surface area (Å²) < 4.78 is 14.2. The first-order chi connectivity index (χ1) is 17.1. The normalized spacial score (nSPS) is 15.8. The number of piperazine rings is 1. The van der Waals surface area contributed by atoms with Crippen LogP contribution in [0.15, 0.2) is 59.8 Å². The zero-order valence-corrected chi connectivity index (χ0v) is 20.7. The second kappa shape index (κ2) is 10.6. The van der Waals surface area contributed by atoms with E-state index in [9.17, 15) is 9.18 Å². The van der Waals surface area contributed by atoms with Crippen LogP contribution in [0, 0.1) is 5.82 Å². The van der Waals surface area contributed by atoms with Crippen LogP contribution in [-0.2, 0) is 12.2 Å². The van der Waals surface area contributed by atoms with E-state index >= 15 is 0 Å². The number of carbonyl (C=O) groups is 1. The number of aromatic nitrogens is 2. The van der Waals surface area contributed by atoms with Crippen molar-refractivity contribution in [1.29, 1.82) is 0 Å². The van der Waals surface area contributed by atoms with Crippen LogP contribution in [0.25, 0.3) is 0 Å². The van der Waals surface area contributed by atoms with Crippen molar-refractivity contribution in [2.45, 2.75) is 43.1 Å². The van der Waals surface area contributed by atoms with E-state index in [-0.39, 0.29) is 11.7 Å². The van der Waals surface area contributed by atoms with Crippen molar-refractivity contribution in [1.82, 2.24) is 15.3 Å². The molecule has 2 aliphatic rings. The van der Waals surface area contributed by atoms with Gasteiger partial charge in [0.2, 0.25) is 0 Å². The SMILES string of the molecule is CCc1cc(N2CCN(c3ccccc3F)CC2)nc(SCc2ccc(C(=O)NC3CC3)cc2)n1. The highest BCUT2D eigenvalue weighted by atomic mass is 32.2. The Labute approximate surface area is 210 Å². The quantitative estimate of drug-likeness (QED) is 0.364. The van der Waals surface area contributed by atoms with Gasteiger partial charge in [0.25, 0.3) is 5.91 Å². The van der Waals surface area contributed by atoms with Crippen molar-refractivity contribution in [3.8, 4) is 0 Å². The van der Waals surface area contributed by atoms with Gasteiger partial charge >= 0.3 is 0 Å². The number of aryl methyl sites for hydroxylation is 1. The maximum absolute atomic E-state index is 14.2. The largest absolute Gasteiger partial charge is 0.366 e. The van der Waals surface area contributed by atoms with Gasteiger partial charge in [0.15, 0.2) is 5.16 Å². The topological polar surface area (TPSA) is 61.4 Å². The molecule has 2 fully saturated rings. The molecule has 35 heavy (non-hydrogen) atoms. The Morgan fingerprint density at radius 3 is 2.43 bits per heavy atom. The molecule has 2 heterocycles. The summed E-state index contributed by atoms with van der Waals surface area (Å²) in [7, 11) is 0. The molecule has 2 aromatic carbocycles. The molecule has 182 valence electrons. The third-order valence-electron chi connectivity index (χ3n) is 6.40. The van der Waals surface area contributed by atoms with Gasteiger partial charge in [-0.2, -0.15) is 0 Å². The number of hydrogen-bond donors (Lipinski definition) is 1. The Kier molecular flexibility index (Phi) is 7.18. The Balaban J connectivity index is 1.21. The smallest absolute Gasteiger partial charge is 0.251 e. The first-order valence-electron chi connectivity index (χ1n) is 12.2. The second-order valence-corrected chi connectivity index (χ2v) is 9.95. The zero-order chi connectivity index (χ0) is 24.2. The standard InChI is InChI=1S/C27H30FN5OS/c1-2-21-17-25(33-15-13-32(14-16-33)24-6-4-3-5-23(24)28)31-27(30-21)35-18-19-7-9-20(10-8-19)26(34)29-22-11-12-22/h3-10,17,22H,2,11-16,18H2,1H3,(H,29,34). The van der Waals surface area contributed by atoms with Crippen molar-refractivity contribution in [3.63, 3.8) is 0 Å². The van der Waals surface area contributed by atoms with Crippen LogP contribution in [-0.4, -0.2) is 48.1 Å². The van der Waals surface area contributed by atoms with Gasteiger partial charge in [0.05, 0.1) is 5.69 Å². The number of halogens is 1. The van der Waals surface area contributed by atoms with E-state index < -0.39 is 0 Å². The van der Waals surface area contributed by atoms with Crippen LogP contribution in [0.4, 0.5) is 15.9 Å². The summed E-state index contributed by atoms with van der Waals surface area (Å²) in [5, 5.41) is 3.78. The lowest BCUT2D eigenvalue weighted by molar-refractivity contribution is 0.0951. The summed E-state index contributed by atoms with van der Waals surface area (Å²) in [6.45, 7) is 5.15. The minimum absolute atomic E-state index is 0.00502. The lowest BCUT2D eigenvalue weighted by Crippen LogP contribution is -2.47. The van der Waals surface area contributed by atoms with Gasteiger partial charge in [0.1, 0.15) is 11.6 Å². The number of amides is 1. The highest BCUT2D eigenvalue weighted by molar-refractivity contribution is 7.98. The molecule has 1 amide bonds. The number of nitrogens with one attached hydrogen (secondary N) is 1. The number of carbonyl (C=O) groups excluding carboxylic acids is 1. The molecule has 8 heteroatoms. The fraction of sp³-hybridized carbons (Fsp3) is 0.370. The lowest BCUT2D eigenvalue weighted by atomic mass is 10.1. The molecule has 0 bridgehead atoms. The predicted octanol–water partition coefficient (Wildman–Crippen LogP) is 4.69. The molecule has 0 spiro atoms. The number of benzene rings is 2. The molecule has 1 saturated heterocycles. The van der Waals surface area contributed by atoms with Gasteiger partial charge in [-0.05, 0) is 49.1 Å². The predicted molar refractivity (Wildman–Crippen MR) is 139 cm³/mol. The fourth-order valence-electron chi connectivity index (χ4n) is 4.15. The van der Waals surface area contributed by atoms with E-state index in [1.165, 1.54) is 6.07 Å². The fourth-order valence-corrected chi connectivity index (χ4v) is 4.98. The summed E-state index contributed by atoms with van der Waals surface area (Å²) >= 11 is 1.61. The maximum Gasteiger partial charge on any atom is 0.251 e. The summed E-state index contributed by atoms with van der Waals surface area (Å²) in [5.41, 5.74) is 3.51. The minimum atomic E-state index is -0.175. The van der Waals surface area contributed by atoms with Gasteiger partial charge in [0, 0.05) is 55.3 Å². The first-order valence-corrected chi connectivity index (χ1v) is 13.2. The van der Waals surface area contributed by atoms with Gasteiger partial charge in [-0.15, -0.1) is 0 Å². The van der Waals surface area contributed by atoms with Crippen LogP contribution < -0.4 is 15.1 Å². The third-order valence-corrected chi connectivity index (χ3v) is 7.32. The van der Waals surface area contributed by atoms with E-state index in [0.29, 0.717) is 17.3 Å². The van der Waals surface area contributed by atoms with E-state index in [1.807, 2.05) is 36.4 Å². The van der Waals surface area contributed by atoms with Crippen LogP contribution in [0.1, 0.15) is 41.4 Å². The molecule has 1 aliphatic carbocycles. The Bertz CT molecular complexity index is 1180. The summed E-state index contributed by atoms with van der Waals surface area (Å²) in [6, 6.07) is 17.2. The molecule has 6 nitrogen and oxygen atoms in total. The average Bonchev–Trinajstić information content (AvgIpc) is 3.72. The second-order valence-electron chi connectivity index (χ2n) is 9.01. The Hall–Kier alpha value is -3.13. The average molecular weight is 492 g/mol. The molecule has 1 N–H and O–H groups in total. The molecule has 1 aromatic heterocycles. The highest BCUT2D eigenvalue weighted by Gasteiger charge is 2.24. The molecule has 0 atom stereocenters. The maximum atomic E-state index is 14.2. The molecule has 1 aliphatic heterocycles. The molecule has 0 unspecified atom stereocenters. The molecule has 3 aromatic rings. The van der Waals surface area contributed by atoms with Crippen molar-refractivity contribution in [3.05, 3.63) is 77.2 Å². The summed E-state index contributed by atoms with van der Waals surface area (Å²) in [6.07, 6.45) is 3.00. The van der Waals surface area contributed by atoms with Crippen molar-refractivity contribution in [2.75, 3.05) is 36.0 Å². The summed E-state index contributed by atoms with van der Waals surface area (Å²) in [4.78, 5) is 26.1. The van der Waals surface area contributed by atoms with Crippen molar-refractivity contribution in [2.24, 2.45) is 0 Å². The number of thioether (sulfide) groups is 1. The van der Waals surface area contributed by atoms with Crippen LogP contribution >= 0.6 is 11.8 Å². The molecule has 5 rings (SSSR count). The van der Waals surface area contributed by atoms with E-state index in [2.05, 4.69) is 28.1 Å². The van der Waals surface area contributed by atoms with Gasteiger partial charge < -0.3 is 15.1 Å². The lowest BCUT2D eigenvalue weighted by Gasteiger charge is -2.37. The van der Waals surface area contributed by atoms with Gasteiger partial charge in [-0.25, -0.2) is 14.4 Å². The minimum Gasteiger partial charge on any atom is -0.366 e. The van der Waals surface area contributed by atoms with Gasteiger partial charge in [-0.1, -0.05) is 43.0 Å². The van der Waals surface area contributed by atoms with E-state index in [0.717, 1.165) is 73.4 Å². The van der Waals surface area contributed by atoms with Crippen LogP contribution in [0.3, 0.4) is 0 Å². The first kappa shape index (κ1) is 23.6. The van der Waals surface area contributed by atoms with Crippen molar-refractivity contribution >= 4 is 29.2 Å². The van der Waals surface area contributed by atoms with Crippen LogP contribution in [0.2, 0.25) is 0 Å². The molecular weight excluding hydrogens is 461 g/mol.